The van der Waals surface area contributed by atoms with Gasteiger partial charge >= 0.3 is 0 Å². The van der Waals surface area contributed by atoms with E-state index in [-0.39, 0.29) is 11.7 Å². The van der Waals surface area contributed by atoms with Crippen molar-refractivity contribution >= 4 is 33.4 Å². The molecule has 10 nitrogen and oxygen atoms in total. The zero-order valence-corrected chi connectivity index (χ0v) is 26.4. The first kappa shape index (κ1) is 30.5. The van der Waals surface area contributed by atoms with Crippen LogP contribution in [-0.2, 0) is 4.79 Å². The molecule has 0 aliphatic carbocycles. The molecule has 1 amide bonds. The molecule has 47 heavy (non-hydrogen) atoms. The van der Waals surface area contributed by atoms with Gasteiger partial charge in [-0.3, -0.25) is 19.9 Å². The van der Waals surface area contributed by atoms with Crippen molar-refractivity contribution in [2.75, 3.05) is 45.7 Å². The molecule has 0 atom stereocenters. The number of hydrogen-bond donors (Lipinski definition) is 4. The molecule has 0 bridgehead atoms. The van der Waals surface area contributed by atoms with Gasteiger partial charge in [-0.25, -0.2) is 4.39 Å². The summed E-state index contributed by atoms with van der Waals surface area (Å²) in [5.41, 5.74) is 7.20. The molecule has 11 heteroatoms. The summed E-state index contributed by atoms with van der Waals surface area (Å²) >= 11 is 0. The molecule has 1 fully saturated rings. The number of anilines is 1. The summed E-state index contributed by atoms with van der Waals surface area (Å²) < 4.78 is 20.5. The van der Waals surface area contributed by atoms with Crippen LogP contribution in [0.4, 0.5) is 10.1 Å². The Morgan fingerprint density at radius 2 is 1.79 bits per heavy atom. The van der Waals surface area contributed by atoms with Gasteiger partial charge in [0.1, 0.15) is 23.9 Å². The summed E-state index contributed by atoms with van der Waals surface area (Å²) in [6.45, 7) is 3.10. The molecule has 7 rings (SSSR count). The maximum absolute atomic E-state index is 14.7. The van der Waals surface area contributed by atoms with E-state index in [0.29, 0.717) is 35.9 Å². The standard InChI is InChI=1S/C36H37FN8O2/c1-45(2)9-10-47-28-14-24(12-26(37)16-28)31-20-40-21-34-29(31)17-33(42-34)36-30-15-23(3-4-32(30)43-44-36)25-13-27(19-39-18-25)41-35(46)11-22-5-7-38-8-6-22/h3-4,12-22,38,42H,5-11H2,1-2H3,(H,41,46)(H,43,44). The minimum atomic E-state index is -0.374. The van der Waals surface area contributed by atoms with Crippen molar-refractivity contribution in [1.29, 1.82) is 0 Å². The number of carbonyl (C=O) groups is 1. The molecule has 4 aromatic heterocycles. The maximum atomic E-state index is 14.7. The Labute approximate surface area is 271 Å². The van der Waals surface area contributed by atoms with E-state index >= 15 is 0 Å². The molecule has 4 N–H and O–H groups in total. The molecule has 0 unspecified atom stereocenters. The van der Waals surface area contributed by atoms with Crippen molar-refractivity contribution in [3.8, 4) is 39.4 Å². The number of ether oxygens (including phenoxy) is 1. The lowest BCUT2D eigenvalue weighted by Crippen LogP contribution is -2.30. The Bertz CT molecular complexity index is 2050. The number of carbonyl (C=O) groups excluding carboxylic acids is 1. The van der Waals surface area contributed by atoms with Gasteiger partial charge in [-0.1, -0.05) is 6.07 Å². The number of nitrogens with one attached hydrogen (secondary N) is 4. The lowest BCUT2D eigenvalue weighted by molar-refractivity contribution is -0.117. The van der Waals surface area contributed by atoms with E-state index in [1.54, 1.807) is 24.8 Å². The number of likely N-dealkylation sites (N-methyl/N-ethyl adjacent to an activating group) is 1. The zero-order chi connectivity index (χ0) is 32.3. The van der Waals surface area contributed by atoms with Gasteiger partial charge < -0.3 is 25.3 Å². The molecule has 0 radical (unpaired) electrons. The molecule has 1 aliphatic rings. The SMILES string of the molecule is CN(C)CCOc1cc(F)cc(-c2cncc3[nH]c(-c4n[nH]c5ccc(-c6cncc(NC(=O)CC7CCNCC7)c6)cc45)cc23)c1. The fourth-order valence-electron chi connectivity index (χ4n) is 6.18. The van der Waals surface area contributed by atoms with Crippen LogP contribution in [0.5, 0.6) is 5.75 Å². The molecule has 5 heterocycles. The number of benzene rings is 2. The van der Waals surface area contributed by atoms with Crippen LogP contribution in [0.3, 0.4) is 0 Å². The van der Waals surface area contributed by atoms with Crippen LogP contribution in [0.25, 0.3) is 55.4 Å². The minimum absolute atomic E-state index is 0.0161. The van der Waals surface area contributed by atoms with Gasteiger partial charge in [0.05, 0.1) is 34.8 Å². The second-order valence-corrected chi connectivity index (χ2v) is 12.4. The molecule has 6 aromatic rings. The van der Waals surface area contributed by atoms with E-state index in [1.807, 2.05) is 49.3 Å². The molecule has 1 saturated heterocycles. The van der Waals surface area contributed by atoms with Crippen LogP contribution in [-0.4, -0.2) is 76.3 Å². The first-order valence-corrected chi connectivity index (χ1v) is 15.9. The van der Waals surface area contributed by atoms with Crippen LogP contribution in [0.15, 0.2) is 73.3 Å². The topological polar surface area (TPSA) is 124 Å². The predicted molar refractivity (Wildman–Crippen MR) is 183 cm³/mol. The number of pyridine rings is 2. The number of rotatable bonds is 10. The summed E-state index contributed by atoms with van der Waals surface area (Å²) in [7, 11) is 3.93. The summed E-state index contributed by atoms with van der Waals surface area (Å²) in [6, 6.07) is 14.8. The first-order chi connectivity index (χ1) is 22.9. The van der Waals surface area contributed by atoms with Crippen molar-refractivity contribution in [1.82, 2.24) is 35.4 Å². The smallest absolute Gasteiger partial charge is 0.224 e. The van der Waals surface area contributed by atoms with Crippen LogP contribution in [0.1, 0.15) is 19.3 Å². The number of amides is 1. The molecular weight excluding hydrogens is 595 g/mol. The Morgan fingerprint density at radius 3 is 2.64 bits per heavy atom. The highest BCUT2D eigenvalue weighted by atomic mass is 19.1. The molecule has 0 saturated carbocycles. The fourth-order valence-corrected chi connectivity index (χ4v) is 6.18. The van der Waals surface area contributed by atoms with Crippen LogP contribution in [0.2, 0.25) is 0 Å². The van der Waals surface area contributed by atoms with Gasteiger partial charge in [0.2, 0.25) is 5.91 Å². The summed E-state index contributed by atoms with van der Waals surface area (Å²) in [4.78, 5) is 27.1. The molecule has 240 valence electrons. The van der Waals surface area contributed by atoms with Gasteiger partial charge in [0, 0.05) is 53.3 Å². The number of aromatic nitrogens is 5. The number of hydrogen-bond acceptors (Lipinski definition) is 7. The normalized spacial score (nSPS) is 13.9. The van der Waals surface area contributed by atoms with Gasteiger partial charge in [-0.2, -0.15) is 5.10 Å². The summed E-state index contributed by atoms with van der Waals surface area (Å²) in [5, 5.41) is 16.0. The number of piperidine rings is 1. The van der Waals surface area contributed by atoms with Crippen molar-refractivity contribution in [3.05, 3.63) is 79.1 Å². The number of fused-ring (bicyclic) bond motifs is 2. The third kappa shape index (κ3) is 6.86. The Hall–Kier alpha value is -5.13. The minimum Gasteiger partial charge on any atom is -0.492 e. The molecule has 2 aromatic carbocycles. The Kier molecular flexibility index (Phi) is 8.64. The van der Waals surface area contributed by atoms with E-state index < -0.39 is 0 Å². The van der Waals surface area contributed by atoms with Gasteiger partial charge in [-0.05, 0) is 93.5 Å². The highest BCUT2D eigenvalue weighted by Crippen LogP contribution is 2.36. The summed E-state index contributed by atoms with van der Waals surface area (Å²) in [6.07, 6.45) is 9.52. The Balaban J connectivity index is 1.16. The molecular formula is C36H37FN8O2. The second kappa shape index (κ2) is 13.3. The van der Waals surface area contributed by atoms with Crippen molar-refractivity contribution in [2.45, 2.75) is 19.3 Å². The van der Waals surface area contributed by atoms with Crippen LogP contribution in [0, 0.1) is 11.7 Å². The molecule has 0 spiro atoms. The molecule has 1 aliphatic heterocycles. The maximum Gasteiger partial charge on any atom is 0.224 e. The van der Waals surface area contributed by atoms with Crippen molar-refractivity contribution in [3.63, 3.8) is 0 Å². The lowest BCUT2D eigenvalue weighted by atomic mass is 9.94. The monoisotopic (exact) mass is 632 g/mol. The number of nitrogens with zero attached hydrogens (tertiary/aromatic N) is 4. The van der Waals surface area contributed by atoms with E-state index in [2.05, 4.69) is 41.8 Å². The van der Waals surface area contributed by atoms with E-state index in [1.165, 1.54) is 12.1 Å². The van der Waals surface area contributed by atoms with E-state index in [4.69, 9.17) is 4.74 Å². The number of aromatic amines is 2. The second-order valence-electron chi connectivity index (χ2n) is 12.4. The number of H-pyrrole nitrogens is 2. The van der Waals surface area contributed by atoms with E-state index in [0.717, 1.165) is 82.4 Å². The first-order valence-electron chi connectivity index (χ1n) is 15.9. The largest absolute Gasteiger partial charge is 0.492 e. The third-order valence-corrected chi connectivity index (χ3v) is 8.64. The number of halogens is 1. The highest BCUT2D eigenvalue weighted by molar-refractivity contribution is 6.01. The lowest BCUT2D eigenvalue weighted by Gasteiger charge is -2.21. The highest BCUT2D eigenvalue weighted by Gasteiger charge is 2.18. The quantitative estimate of drug-likeness (QED) is 0.141. The zero-order valence-electron chi connectivity index (χ0n) is 26.4. The van der Waals surface area contributed by atoms with Gasteiger partial charge in [0.15, 0.2) is 0 Å². The average Bonchev–Trinajstić information content (AvgIpc) is 3.69. The third-order valence-electron chi connectivity index (χ3n) is 8.64. The van der Waals surface area contributed by atoms with E-state index in [9.17, 15) is 9.18 Å². The van der Waals surface area contributed by atoms with Gasteiger partial charge in [-0.15, -0.1) is 0 Å². The van der Waals surface area contributed by atoms with Crippen LogP contribution >= 0.6 is 0 Å². The Morgan fingerprint density at radius 1 is 0.936 bits per heavy atom. The predicted octanol–water partition coefficient (Wildman–Crippen LogP) is 6.24. The fraction of sp³-hybridized carbons (Fsp3) is 0.278. The van der Waals surface area contributed by atoms with Gasteiger partial charge in [0.25, 0.3) is 0 Å². The van der Waals surface area contributed by atoms with Crippen molar-refractivity contribution < 1.29 is 13.9 Å². The van der Waals surface area contributed by atoms with Crippen molar-refractivity contribution in [2.24, 2.45) is 5.92 Å². The summed E-state index contributed by atoms with van der Waals surface area (Å²) in [5.74, 6) is 0.521. The average molecular weight is 633 g/mol. The van der Waals surface area contributed by atoms with Crippen LogP contribution < -0.4 is 15.4 Å².